The molecule has 1 aliphatic rings. The number of hydrogen-bond donors (Lipinski definition) is 0. The van der Waals surface area contributed by atoms with E-state index in [0.717, 1.165) is 31.6 Å². The van der Waals surface area contributed by atoms with Gasteiger partial charge in [-0.3, -0.25) is 4.68 Å². The van der Waals surface area contributed by atoms with Crippen molar-refractivity contribution in [3.63, 3.8) is 0 Å². The molecular weight excluding hydrogens is 340 g/mol. The third-order valence-electron chi connectivity index (χ3n) is 6.85. The van der Waals surface area contributed by atoms with Gasteiger partial charge in [-0.1, -0.05) is 41.5 Å². The molecule has 0 saturated heterocycles. The van der Waals surface area contributed by atoms with Crippen molar-refractivity contribution in [2.24, 2.45) is 7.05 Å². The molecule has 1 heterocycles. The first-order valence-electron chi connectivity index (χ1n) is 10.3. The molecular formula is C21H40N2O2Si. The monoisotopic (exact) mass is 380 g/mol. The Kier molecular flexibility index (Phi) is 6.79. The molecule has 2 rings (SSSR count). The standard InChI is InChI=1S/C21H40N2O2Si/c1-15(2)26(16(3)4,17(5)6)25-14-11-19-18(7)23(8)22-20(19)21(24-9)12-10-13-21/h15-17H,10-14H2,1-9H3. The Morgan fingerprint density at radius 2 is 1.62 bits per heavy atom. The van der Waals surface area contributed by atoms with Crippen LogP contribution in [0.25, 0.3) is 0 Å². The van der Waals surface area contributed by atoms with Crippen LogP contribution >= 0.6 is 0 Å². The Morgan fingerprint density at radius 3 is 2.00 bits per heavy atom. The molecule has 4 nitrogen and oxygen atoms in total. The first kappa shape index (κ1) is 21.6. The van der Waals surface area contributed by atoms with Crippen LogP contribution in [-0.4, -0.2) is 31.8 Å². The Balaban J connectivity index is 2.22. The molecule has 0 atom stereocenters. The van der Waals surface area contributed by atoms with E-state index in [9.17, 15) is 0 Å². The minimum Gasteiger partial charge on any atom is -0.416 e. The van der Waals surface area contributed by atoms with Crippen molar-refractivity contribution in [2.75, 3.05) is 13.7 Å². The van der Waals surface area contributed by atoms with Crippen molar-refractivity contribution in [3.8, 4) is 0 Å². The maximum absolute atomic E-state index is 6.80. The van der Waals surface area contributed by atoms with Crippen molar-refractivity contribution in [1.29, 1.82) is 0 Å². The van der Waals surface area contributed by atoms with E-state index in [1.807, 2.05) is 18.8 Å². The summed E-state index contributed by atoms with van der Waals surface area (Å²) in [6, 6.07) is 0. The van der Waals surface area contributed by atoms with Gasteiger partial charge in [0.25, 0.3) is 0 Å². The van der Waals surface area contributed by atoms with Gasteiger partial charge in [0.1, 0.15) is 5.60 Å². The third-order valence-corrected chi connectivity index (χ3v) is 13.0. The van der Waals surface area contributed by atoms with E-state index in [1.165, 1.54) is 17.7 Å². The lowest BCUT2D eigenvalue weighted by Crippen LogP contribution is -2.48. The molecule has 1 aromatic rings. The topological polar surface area (TPSA) is 36.3 Å². The predicted octanol–water partition coefficient (Wildman–Crippen LogP) is 5.49. The van der Waals surface area contributed by atoms with Gasteiger partial charge in [0.05, 0.1) is 5.69 Å². The van der Waals surface area contributed by atoms with Crippen LogP contribution < -0.4 is 0 Å². The SMILES string of the molecule is COC1(c2nn(C)c(C)c2CCO[Si](C(C)C)(C(C)C)C(C)C)CCC1. The summed E-state index contributed by atoms with van der Waals surface area (Å²) in [5, 5.41) is 4.84. The molecule has 0 aliphatic heterocycles. The van der Waals surface area contributed by atoms with Gasteiger partial charge in [-0.15, -0.1) is 0 Å². The van der Waals surface area contributed by atoms with E-state index in [1.54, 1.807) is 0 Å². The average molecular weight is 381 g/mol. The lowest BCUT2D eigenvalue weighted by Gasteiger charge is -2.42. The van der Waals surface area contributed by atoms with Crippen molar-refractivity contribution < 1.29 is 9.16 Å². The maximum Gasteiger partial charge on any atom is 0.200 e. The van der Waals surface area contributed by atoms with E-state index < -0.39 is 8.32 Å². The molecule has 26 heavy (non-hydrogen) atoms. The Hall–Kier alpha value is -0.653. The van der Waals surface area contributed by atoms with Crippen molar-refractivity contribution >= 4 is 8.32 Å². The fraction of sp³-hybridized carbons (Fsp3) is 0.857. The summed E-state index contributed by atoms with van der Waals surface area (Å²) in [6.07, 6.45) is 4.32. The van der Waals surface area contributed by atoms with Gasteiger partial charge in [-0.25, -0.2) is 0 Å². The molecule has 0 N–H and O–H groups in total. The maximum atomic E-state index is 6.80. The second kappa shape index (κ2) is 8.15. The highest BCUT2D eigenvalue weighted by molar-refractivity contribution is 6.77. The van der Waals surface area contributed by atoms with Gasteiger partial charge in [-0.05, 0) is 49.2 Å². The zero-order valence-corrected chi connectivity index (χ0v) is 19.5. The summed E-state index contributed by atoms with van der Waals surface area (Å²) in [4.78, 5) is 0. The molecule has 0 amide bonds. The normalized spacial score (nSPS) is 17.4. The molecule has 5 heteroatoms. The molecule has 0 bridgehead atoms. The molecule has 0 unspecified atom stereocenters. The quantitative estimate of drug-likeness (QED) is 0.532. The number of ether oxygens (including phenoxy) is 1. The number of aromatic nitrogens is 2. The van der Waals surface area contributed by atoms with Crippen LogP contribution in [0.15, 0.2) is 0 Å². The first-order valence-corrected chi connectivity index (χ1v) is 12.5. The Morgan fingerprint density at radius 1 is 1.08 bits per heavy atom. The van der Waals surface area contributed by atoms with Crippen molar-refractivity contribution in [2.45, 2.75) is 96.4 Å². The molecule has 1 aromatic heterocycles. The van der Waals surface area contributed by atoms with E-state index in [-0.39, 0.29) is 5.60 Å². The summed E-state index contributed by atoms with van der Waals surface area (Å²) in [5.41, 5.74) is 5.44. The number of hydrogen-bond acceptors (Lipinski definition) is 3. The van der Waals surface area contributed by atoms with Gasteiger partial charge >= 0.3 is 0 Å². The van der Waals surface area contributed by atoms with Crippen LogP contribution in [0.4, 0.5) is 0 Å². The van der Waals surface area contributed by atoms with E-state index in [4.69, 9.17) is 14.3 Å². The third kappa shape index (κ3) is 3.55. The lowest BCUT2D eigenvalue weighted by atomic mass is 9.76. The highest BCUT2D eigenvalue weighted by Gasteiger charge is 2.46. The van der Waals surface area contributed by atoms with Crippen LogP contribution in [0.5, 0.6) is 0 Å². The van der Waals surface area contributed by atoms with Crippen LogP contribution in [0.3, 0.4) is 0 Å². The molecule has 1 aliphatic carbocycles. The van der Waals surface area contributed by atoms with Gasteiger partial charge in [0.2, 0.25) is 0 Å². The summed E-state index contributed by atoms with van der Waals surface area (Å²) >= 11 is 0. The molecule has 0 radical (unpaired) electrons. The van der Waals surface area contributed by atoms with Crippen molar-refractivity contribution in [1.82, 2.24) is 9.78 Å². The predicted molar refractivity (Wildman–Crippen MR) is 111 cm³/mol. The average Bonchev–Trinajstić information content (AvgIpc) is 2.78. The zero-order valence-electron chi connectivity index (χ0n) is 18.5. The molecule has 0 aromatic carbocycles. The van der Waals surface area contributed by atoms with Crippen molar-refractivity contribution in [3.05, 3.63) is 17.0 Å². The largest absolute Gasteiger partial charge is 0.416 e. The summed E-state index contributed by atoms with van der Waals surface area (Å²) in [5.74, 6) is 0. The lowest BCUT2D eigenvalue weighted by molar-refractivity contribution is -0.0821. The minimum absolute atomic E-state index is 0.163. The van der Waals surface area contributed by atoms with Crippen LogP contribution in [0.2, 0.25) is 16.6 Å². The van der Waals surface area contributed by atoms with Crippen LogP contribution in [0.1, 0.15) is 77.8 Å². The van der Waals surface area contributed by atoms with Crippen LogP contribution in [-0.2, 0) is 28.2 Å². The summed E-state index contributed by atoms with van der Waals surface area (Å²) < 4.78 is 14.7. The van der Waals surface area contributed by atoms with E-state index in [0.29, 0.717) is 16.6 Å². The molecule has 1 saturated carbocycles. The minimum atomic E-state index is -1.82. The number of aryl methyl sites for hydroxylation is 1. The molecule has 1 fully saturated rings. The van der Waals surface area contributed by atoms with Gasteiger partial charge in [0.15, 0.2) is 8.32 Å². The first-order chi connectivity index (χ1) is 12.1. The molecule has 0 spiro atoms. The number of nitrogens with zero attached hydrogens (tertiary/aromatic N) is 2. The number of rotatable bonds is 9. The van der Waals surface area contributed by atoms with Gasteiger partial charge < -0.3 is 9.16 Å². The van der Waals surface area contributed by atoms with E-state index in [2.05, 4.69) is 48.5 Å². The summed E-state index contributed by atoms with van der Waals surface area (Å²) in [6.45, 7) is 17.1. The second-order valence-corrected chi connectivity index (χ2v) is 14.5. The number of methoxy groups -OCH3 is 1. The highest BCUT2D eigenvalue weighted by atomic mass is 28.4. The molecule has 150 valence electrons. The van der Waals surface area contributed by atoms with E-state index >= 15 is 0 Å². The van der Waals surface area contributed by atoms with Gasteiger partial charge in [-0.2, -0.15) is 5.10 Å². The Labute approximate surface area is 161 Å². The van der Waals surface area contributed by atoms with Crippen LogP contribution in [0, 0.1) is 6.92 Å². The summed E-state index contributed by atoms with van der Waals surface area (Å²) in [7, 11) is 2.06. The zero-order chi connectivity index (χ0) is 19.7. The smallest absolute Gasteiger partial charge is 0.200 e. The van der Waals surface area contributed by atoms with Gasteiger partial charge in [0, 0.05) is 32.0 Å². The second-order valence-electron chi connectivity index (χ2n) is 9.00. The Bertz CT molecular complexity index is 576. The fourth-order valence-electron chi connectivity index (χ4n) is 5.18. The highest BCUT2D eigenvalue weighted by Crippen LogP contribution is 2.46. The fourth-order valence-corrected chi connectivity index (χ4v) is 10.6.